The monoisotopic (exact) mass is 159 g/mol. The van der Waals surface area contributed by atoms with E-state index in [2.05, 4.69) is 4.31 Å². The fourth-order valence-corrected chi connectivity index (χ4v) is 1.94. The van der Waals surface area contributed by atoms with Gasteiger partial charge in [0.05, 0.1) is 0 Å². The Labute approximate surface area is 66.1 Å². The van der Waals surface area contributed by atoms with Crippen molar-refractivity contribution in [1.82, 2.24) is 4.31 Å². The summed E-state index contributed by atoms with van der Waals surface area (Å²) < 4.78 is 2.16. The topological polar surface area (TPSA) is 20.3 Å². The smallest absolute Gasteiger partial charge is 0.200 e. The Balaban J connectivity index is 2.19. The van der Waals surface area contributed by atoms with Crippen LogP contribution in [0.25, 0.3) is 0 Å². The number of hydrogen-bond donors (Lipinski definition) is 0. The molecule has 2 nitrogen and oxygen atoms in total. The fourth-order valence-electron chi connectivity index (χ4n) is 1.14. The lowest BCUT2D eigenvalue weighted by Crippen LogP contribution is -2.24. The maximum Gasteiger partial charge on any atom is 0.200 e. The van der Waals surface area contributed by atoms with Crippen molar-refractivity contribution in [3.8, 4) is 0 Å². The van der Waals surface area contributed by atoms with Gasteiger partial charge in [-0.1, -0.05) is 6.42 Å². The Morgan fingerprint density at radius 2 is 1.90 bits per heavy atom. The molecule has 0 unspecified atom stereocenters. The standard InChI is InChI=1S/C7H13NOS/c1-7(9)10-8-5-3-2-4-6-8/h2-6H2,1H3. The molecule has 0 aromatic heterocycles. The average Bonchev–Trinajstić information content (AvgIpc) is 1.88. The third-order valence-corrected chi connectivity index (χ3v) is 2.45. The van der Waals surface area contributed by atoms with Gasteiger partial charge in [-0.25, -0.2) is 4.31 Å². The Bertz CT molecular complexity index is 121. The second kappa shape index (κ2) is 3.98. The summed E-state index contributed by atoms with van der Waals surface area (Å²) >= 11 is 1.37. The summed E-state index contributed by atoms with van der Waals surface area (Å²) in [6.07, 6.45) is 3.83. The van der Waals surface area contributed by atoms with E-state index in [1.165, 1.54) is 31.2 Å². The number of carbonyl (C=O) groups excluding carboxylic acids is 1. The molecule has 0 N–H and O–H groups in total. The van der Waals surface area contributed by atoms with Crippen molar-refractivity contribution in [2.75, 3.05) is 13.1 Å². The molecule has 3 heteroatoms. The molecule has 1 rings (SSSR count). The van der Waals surface area contributed by atoms with Crippen molar-refractivity contribution >= 4 is 17.1 Å². The van der Waals surface area contributed by atoms with Crippen LogP contribution in [0.1, 0.15) is 26.2 Å². The zero-order chi connectivity index (χ0) is 7.40. The maximum atomic E-state index is 10.6. The minimum absolute atomic E-state index is 0.210. The van der Waals surface area contributed by atoms with Crippen molar-refractivity contribution < 1.29 is 4.79 Å². The van der Waals surface area contributed by atoms with Gasteiger partial charge in [-0.3, -0.25) is 4.79 Å². The minimum Gasteiger partial charge on any atom is -0.286 e. The molecule has 1 fully saturated rings. The summed E-state index contributed by atoms with van der Waals surface area (Å²) in [6, 6.07) is 0. The van der Waals surface area contributed by atoms with Crippen LogP contribution in [-0.4, -0.2) is 22.5 Å². The van der Waals surface area contributed by atoms with Crippen molar-refractivity contribution in [1.29, 1.82) is 0 Å². The van der Waals surface area contributed by atoms with E-state index in [0.29, 0.717) is 0 Å². The highest BCUT2D eigenvalue weighted by molar-refractivity contribution is 8.11. The Kier molecular flexibility index (Phi) is 3.22. The van der Waals surface area contributed by atoms with Crippen LogP contribution in [0.4, 0.5) is 0 Å². The van der Waals surface area contributed by atoms with E-state index in [9.17, 15) is 4.79 Å². The van der Waals surface area contributed by atoms with Gasteiger partial charge in [0.15, 0.2) is 0 Å². The predicted octanol–water partition coefficient (Wildman–Crippen LogP) is 1.67. The van der Waals surface area contributed by atoms with E-state index in [-0.39, 0.29) is 5.12 Å². The van der Waals surface area contributed by atoms with Crippen LogP contribution in [-0.2, 0) is 4.79 Å². The highest BCUT2D eigenvalue weighted by Crippen LogP contribution is 2.17. The minimum atomic E-state index is 0.210. The molecule has 0 radical (unpaired) electrons. The van der Waals surface area contributed by atoms with E-state index in [1.807, 2.05) is 0 Å². The first kappa shape index (κ1) is 8.08. The summed E-state index contributed by atoms with van der Waals surface area (Å²) in [5.74, 6) is 0. The number of piperidine rings is 1. The number of rotatable bonds is 1. The van der Waals surface area contributed by atoms with E-state index in [0.717, 1.165) is 13.1 Å². The van der Waals surface area contributed by atoms with Gasteiger partial charge in [-0.2, -0.15) is 0 Å². The SMILES string of the molecule is CC(=O)SN1CCCCC1. The van der Waals surface area contributed by atoms with Crippen molar-refractivity contribution in [3.05, 3.63) is 0 Å². The highest BCUT2D eigenvalue weighted by Gasteiger charge is 2.11. The molecule has 58 valence electrons. The van der Waals surface area contributed by atoms with Crippen molar-refractivity contribution in [3.63, 3.8) is 0 Å². The summed E-state index contributed by atoms with van der Waals surface area (Å²) in [5.41, 5.74) is 0. The van der Waals surface area contributed by atoms with Gasteiger partial charge in [0, 0.05) is 20.0 Å². The van der Waals surface area contributed by atoms with Gasteiger partial charge in [0.25, 0.3) is 0 Å². The third kappa shape index (κ3) is 2.71. The second-order valence-corrected chi connectivity index (χ2v) is 3.85. The first-order chi connectivity index (χ1) is 4.79. The molecule has 1 aliphatic rings. The molecular weight excluding hydrogens is 146 g/mol. The summed E-state index contributed by atoms with van der Waals surface area (Å²) in [6.45, 7) is 3.80. The molecule has 0 aliphatic carbocycles. The first-order valence-electron chi connectivity index (χ1n) is 3.72. The molecule has 1 saturated heterocycles. The quantitative estimate of drug-likeness (QED) is 0.543. The molecule has 0 saturated carbocycles. The molecule has 0 spiro atoms. The maximum absolute atomic E-state index is 10.6. The van der Waals surface area contributed by atoms with Crippen LogP contribution in [0, 0.1) is 0 Å². The van der Waals surface area contributed by atoms with Gasteiger partial charge in [-0.05, 0) is 24.8 Å². The second-order valence-electron chi connectivity index (χ2n) is 2.57. The molecule has 0 atom stereocenters. The Morgan fingerprint density at radius 1 is 1.30 bits per heavy atom. The highest BCUT2D eigenvalue weighted by atomic mass is 32.2. The van der Waals surface area contributed by atoms with Crippen LogP contribution in [0.2, 0.25) is 0 Å². The van der Waals surface area contributed by atoms with Crippen LogP contribution in [0.5, 0.6) is 0 Å². The van der Waals surface area contributed by atoms with Gasteiger partial charge in [-0.15, -0.1) is 0 Å². The van der Waals surface area contributed by atoms with Crippen molar-refractivity contribution in [2.24, 2.45) is 0 Å². The lowest BCUT2D eigenvalue weighted by Gasteiger charge is -2.23. The third-order valence-electron chi connectivity index (χ3n) is 1.57. The fraction of sp³-hybridized carbons (Fsp3) is 0.857. The molecule has 10 heavy (non-hydrogen) atoms. The van der Waals surface area contributed by atoms with E-state index in [1.54, 1.807) is 6.92 Å². The number of nitrogens with zero attached hydrogens (tertiary/aromatic N) is 1. The first-order valence-corrected chi connectivity index (χ1v) is 4.50. The number of hydrogen-bond acceptors (Lipinski definition) is 3. The normalized spacial score (nSPS) is 20.9. The molecule has 0 aromatic rings. The van der Waals surface area contributed by atoms with E-state index >= 15 is 0 Å². The summed E-state index contributed by atoms with van der Waals surface area (Å²) in [5, 5.41) is 0.210. The zero-order valence-corrected chi connectivity index (χ0v) is 7.12. The lowest BCUT2D eigenvalue weighted by molar-refractivity contribution is -0.109. The van der Waals surface area contributed by atoms with Crippen LogP contribution in [0.3, 0.4) is 0 Å². The van der Waals surface area contributed by atoms with Gasteiger partial charge < -0.3 is 0 Å². The Hall–Kier alpha value is -0.0200. The van der Waals surface area contributed by atoms with Crippen LogP contribution < -0.4 is 0 Å². The van der Waals surface area contributed by atoms with Gasteiger partial charge in [0.2, 0.25) is 5.12 Å². The van der Waals surface area contributed by atoms with E-state index < -0.39 is 0 Å². The van der Waals surface area contributed by atoms with Gasteiger partial charge in [0.1, 0.15) is 0 Å². The Morgan fingerprint density at radius 3 is 2.40 bits per heavy atom. The van der Waals surface area contributed by atoms with Gasteiger partial charge >= 0.3 is 0 Å². The molecule has 1 aliphatic heterocycles. The molecule has 0 aromatic carbocycles. The van der Waals surface area contributed by atoms with Crippen LogP contribution >= 0.6 is 11.9 Å². The van der Waals surface area contributed by atoms with Crippen LogP contribution in [0.15, 0.2) is 0 Å². The van der Waals surface area contributed by atoms with E-state index in [4.69, 9.17) is 0 Å². The zero-order valence-electron chi connectivity index (χ0n) is 6.30. The lowest BCUT2D eigenvalue weighted by atomic mass is 10.2. The molecular formula is C7H13NOS. The summed E-state index contributed by atoms with van der Waals surface area (Å²) in [7, 11) is 0. The van der Waals surface area contributed by atoms with Crippen molar-refractivity contribution in [2.45, 2.75) is 26.2 Å². The molecule has 1 heterocycles. The molecule has 0 bridgehead atoms. The number of carbonyl (C=O) groups is 1. The summed E-state index contributed by atoms with van der Waals surface area (Å²) in [4.78, 5) is 10.6. The predicted molar refractivity (Wildman–Crippen MR) is 43.7 cm³/mol. The average molecular weight is 159 g/mol. The largest absolute Gasteiger partial charge is 0.286 e. The molecule has 0 amide bonds.